The van der Waals surface area contributed by atoms with E-state index in [0.29, 0.717) is 19.4 Å². The summed E-state index contributed by atoms with van der Waals surface area (Å²) in [4.78, 5) is 22.7. The Bertz CT molecular complexity index is 223. The monoisotopic (exact) mass is 198 g/mol. The predicted molar refractivity (Wildman–Crippen MR) is 52.8 cm³/mol. The van der Waals surface area contributed by atoms with Gasteiger partial charge in [-0.25, -0.2) is 0 Å². The Kier molecular flexibility index (Phi) is 4.11. The highest BCUT2D eigenvalue weighted by molar-refractivity contribution is 5.91. The van der Waals surface area contributed by atoms with Gasteiger partial charge in [0.25, 0.3) is 0 Å². The molecule has 0 aromatic rings. The van der Waals surface area contributed by atoms with Crippen LogP contribution < -0.4 is 0 Å². The second-order valence-corrected chi connectivity index (χ2v) is 3.77. The molecule has 0 saturated heterocycles. The topological polar surface area (TPSA) is 43.4 Å². The number of hydrogen-bond donors (Lipinski definition) is 0. The molecule has 0 aromatic heterocycles. The fraction of sp³-hybridized carbons (Fsp3) is 0.818. The van der Waals surface area contributed by atoms with Gasteiger partial charge in [0, 0.05) is 12.3 Å². The molecule has 14 heavy (non-hydrogen) atoms. The van der Waals surface area contributed by atoms with Crippen molar-refractivity contribution in [2.75, 3.05) is 6.61 Å². The Balaban J connectivity index is 2.24. The zero-order chi connectivity index (χ0) is 10.6. The fourth-order valence-corrected chi connectivity index (χ4v) is 1.60. The van der Waals surface area contributed by atoms with Crippen molar-refractivity contribution in [3.8, 4) is 0 Å². The first-order valence-electron chi connectivity index (χ1n) is 5.40. The summed E-state index contributed by atoms with van der Waals surface area (Å²) in [5, 5.41) is 0. The Hall–Kier alpha value is -0.860. The number of carbonyl (C=O) groups is 2. The van der Waals surface area contributed by atoms with Crippen molar-refractivity contribution in [2.45, 2.75) is 39.5 Å². The first kappa shape index (κ1) is 11.2. The van der Waals surface area contributed by atoms with Gasteiger partial charge in [-0.2, -0.15) is 0 Å². The molecule has 0 N–H and O–H groups in total. The highest BCUT2D eigenvalue weighted by atomic mass is 16.5. The van der Waals surface area contributed by atoms with Gasteiger partial charge in [0.15, 0.2) is 0 Å². The number of ketones is 1. The highest BCUT2D eigenvalue weighted by Crippen LogP contribution is 2.41. The Morgan fingerprint density at radius 2 is 2.00 bits per heavy atom. The van der Waals surface area contributed by atoms with Gasteiger partial charge < -0.3 is 4.74 Å². The lowest BCUT2D eigenvalue weighted by atomic mass is 10.1. The van der Waals surface area contributed by atoms with E-state index in [1.54, 1.807) is 6.92 Å². The molecule has 80 valence electrons. The zero-order valence-corrected chi connectivity index (χ0v) is 8.91. The summed E-state index contributed by atoms with van der Waals surface area (Å²) in [5.74, 6) is -0.104. The molecule has 3 nitrogen and oxygen atoms in total. The van der Waals surface area contributed by atoms with Gasteiger partial charge in [-0.3, -0.25) is 9.59 Å². The lowest BCUT2D eigenvalue weighted by Gasteiger charge is -2.00. The van der Waals surface area contributed by atoms with Crippen molar-refractivity contribution in [3.05, 3.63) is 0 Å². The smallest absolute Gasteiger partial charge is 0.309 e. The molecule has 0 aliphatic heterocycles. The lowest BCUT2D eigenvalue weighted by Crippen LogP contribution is -2.11. The average Bonchev–Trinajstić information content (AvgIpc) is 2.94. The third-order valence-electron chi connectivity index (χ3n) is 2.57. The Morgan fingerprint density at radius 3 is 2.57 bits per heavy atom. The quantitative estimate of drug-likeness (QED) is 0.613. The Labute approximate surface area is 84.8 Å². The fourth-order valence-electron chi connectivity index (χ4n) is 1.60. The number of Topliss-reactive ketones (excluding diaryl/α,β-unsaturated/α-hetero) is 1. The molecule has 0 unspecified atom stereocenters. The number of carbonyl (C=O) groups excluding carboxylic acids is 2. The molecule has 2 atom stereocenters. The summed E-state index contributed by atoms with van der Waals surface area (Å²) in [7, 11) is 0. The predicted octanol–water partition coefficient (Wildman–Crippen LogP) is 1.94. The van der Waals surface area contributed by atoms with Crippen LogP contribution in [0.15, 0.2) is 0 Å². The summed E-state index contributed by atoms with van der Waals surface area (Å²) in [6.45, 7) is 4.25. The van der Waals surface area contributed by atoms with Gasteiger partial charge in [-0.15, -0.1) is 0 Å². The number of esters is 1. The zero-order valence-electron chi connectivity index (χ0n) is 8.91. The van der Waals surface area contributed by atoms with Gasteiger partial charge in [0.2, 0.25) is 0 Å². The van der Waals surface area contributed by atoms with Gasteiger partial charge in [0.05, 0.1) is 12.5 Å². The van der Waals surface area contributed by atoms with Crippen LogP contribution in [-0.4, -0.2) is 18.4 Å². The number of ether oxygens (including phenoxy) is 1. The molecule has 1 rings (SSSR count). The third kappa shape index (κ3) is 2.82. The van der Waals surface area contributed by atoms with E-state index in [4.69, 9.17) is 4.74 Å². The minimum Gasteiger partial charge on any atom is -0.466 e. The number of rotatable bonds is 6. The average molecular weight is 198 g/mol. The van der Waals surface area contributed by atoms with E-state index in [0.717, 1.165) is 12.8 Å². The van der Waals surface area contributed by atoms with Crippen molar-refractivity contribution in [1.29, 1.82) is 0 Å². The van der Waals surface area contributed by atoms with Crippen molar-refractivity contribution in [1.82, 2.24) is 0 Å². The first-order valence-corrected chi connectivity index (χ1v) is 5.40. The van der Waals surface area contributed by atoms with Crippen LogP contribution in [0.5, 0.6) is 0 Å². The van der Waals surface area contributed by atoms with Crippen LogP contribution in [0, 0.1) is 11.8 Å². The van der Waals surface area contributed by atoms with E-state index in [9.17, 15) is 9.59 Å². The number of unbranched alkanes of at least 4 members (excludes halogenated alkanes) is 1. The molecule has 1 saturated carbocycles. The maximum absolute atomic E-state index is 11.5. The van der Waals surface area contributed by atoms with Crippen LogP contribution >= 0.6 is 0 Å². The second-order valence-electron chi connectivity index (χ2n) is 3.77. The van der Waals surface area contributed by atoms with E-state index in [2.05, 4.69) is 6.92 Å². The maximum atomic E-state index is 11.5. The normalized spacial score (nSPS) is 24.4. The van der Waals surface area contributed by atoms with Gasteiger partial charge >= 0.3 is 5.97 Å². The van der Waals surface area contributed by atoms with Crippen molar-refractivity contribution < 1.29 is 14.3 Å². The van der Waals surface area contributed by atoms with E-state index in [1.165, 1.54) is 0 Å². The first-order chi connectivity index (χ1) is 6.70. The van der Waals surface area contributed by atoms with Crippen molar-refractivity contribution >= 4 is 11.8 Å². The number of hydrogen-bond acceptors (Lipinski definition) is 3. The van der Waals surface area contributed by atoms with Crippen LogP contribution in [0.25, 0.3) is 0 Å². The molecular weight excluding hydrogens is 180 g/mol. The van der Waals surface area contributed by atoms with E-state index >= 15 is 0 Å². The van der Waals surface area contributed by atoms with Gasteiger partial charge in [0.1, 0.15) is 5.78 Å². The van der Waals surface area contributed by atoms with Crippen LogP contribution in [-0.2, 0) is 14.3 Å². The second kappa shape index (κ2) is 5.13. The van der Waals surface area contributed by atoms with Crippen LogP contribution in [0.2, 0.25) is 0 Å². The largest absolute Gasteiger partial charge is 0.466 e. The van der Waals surface area contributed by atoms with Gasteiger partial charge in [-0.1, -0.05) is 13.3 Å². The molecule has 0 spiro atoms. The maximum Gasteiger partial charge on any atom is 0.309 e. The van der Waals surface area contributed by atoms with Gasteiger partial charge in [-0.05, 0) is 19.8 Å². The van der Waals surface area contributed by atoms with Crippen LogP contribution in [0.4, 0.5) is 0 Å². The molecule has 1 aliphatic carbocycles. The van der Waals surface area contributed by atoms with E-state index in [-0.39, 0.29) is 23.6 Å². The molecule has 0 radical (unpaired) electrons. The third-order valence-corrected chi connectivity index (χ3v) is 2.57. The van der Waals surface area contributed by atoms with Crippen LogP contribution in [0.1, 0.15) is 39.5 Å². The van der Waals surface area contributed by atoms with E-state index in [1.807, 2.05) is 0 Å². The summed E-state index contributed by atoms with van der Waals surface area (Å²) in [5.41, 5.74) is 0. The van der Waals surface area contributed by atoms with Crippen LogP contribution in [0.3, 0.4) is 0 Å². The SMILES string of the molecule is CCCCC(=O)[C@H]1C[C@@H]1C(=O)OCC. The minimum absolute atomic E-state index is 0.0272. The summed E-state index contributed by atoms with van der Waals surface area (Å²) < 4.78 is 4.86. The molecule has 3 heteroatoms. The molecule has 1 aliphatic rings. The standard InChI is InChI=1S/C11H18O3/c1-3-5-6-10(12)8-7-9(8)11(13)14-4-2/h8-9H,3-7H2,1-2H3/t8-,9-/m0/s1. The summed E-state index contributed by atoms with van der Waals surface area (Å²) in [6, 6.07) is 0. The highest BCUT2D eigenvalue weighted by Gasteiger charge is 2.48. The van der Waals surface area contributed by atoms with Crippen molar-refractivity contribution in [2.24, 2.45) is 11.8 Å². The van der Waals surface area contributed by atoms with E-state index < -0.39 is 0 Å². The molecule has 1 fully saturated rings. The minimum atomic E-state index is -0.192. The summed E-state index contributed by atoms with van der Waals surface area (Å²) in [6.07, 6.45) is 3.30. The molecule has 0 amide bonds. The molecule has 0 bridgehead atoms. The Morgan fingerprint density at radius 1 is 1.29 bits per heavy atom. The molecule has 0 aromatic carbocycles. The summed E-state index contributed by atoms with van der Waals surface area (Å²) >= 11 is 0. The lowest BCUT2D eigenvalue weighted by molar-refractivity contribution is -0.145. The molecular formula is C11H18O3. The van der Waals surface area contributed by atoms with Crippen molar-refractivity contribution in [3.63, 3.8) is 0 Å². The molecule has 0 heterocycles.